The van der Waals surface area contributed by atoms with Crippen molar-refractivity contribution in [3.63, 3.8) is 0 Å². The van der Waals surface area contributed by atoms with E-state index in [1.807, 2.05) is 24.7 Å². The molecule has 31 heavy (non-hydrogen) atoms. The summed E-state index contributed by atoms with van der Waals surface area (Å²) < 4.78 is 18.7. The highest BCUT2D eigenvalue weighted by Gasteiger charge is 2.28. The lowest BCUT2D eigenvalue weighted by molar-refractivity contribution is 0.189. The van der Waals surface area contributed by atoms with Gasteiger partial charge in [-0.15, -0.1) is 0 Å². The Morgan fingerprint density at radius 3 is 2.65 bits per heavy atom. The van der Waals surface area contributed by atoms with Gasteiger partial charge in [0.2, 0.25) is 5.75 Å². The van der Waals surface area contributed by atoms with E-state index in [0.717, 1.165) is 44.0 Å². The van der Waals surface area contributed by atoms with E-state index in [4.69, 9.17) is 19.2 Å². The molecular weight excluding hydrogens is 394 g/mol. The van der Waals surface area contributed by atoms with Gasteiger partial charge >= 0.3 is 0 Å². The summed E-state index contributed by atoms with van der Waals surface area (Å²) in [6, 6.07) is 4.32. The molecule has 0 amide bonds. The van der Waals surface area contributed by atoms with Crippen LogP contribution < -0.4 is 19.5 Å². The van der Waals surface area contributed by atoms with E-state index in [1.54, 1.807) is 21.3 Å². The molecule has 0 aliphatic carbocycles. The first-order valence-corrected chi connectivity index (χ1v) is 10.9. The van der Waals surface area contributed by atoms with E-state index in [0.29, 0.717) is 35.8 Å². The van der Waals surface area contributed by atoms with Crippen molar-refractivity contribution < 1.29 is 14.2 Å². The average Bonchev–Trinajstić information content (AvgIpc) is 3.33. The average molecular weight is 430 g/mol. The first-order valence-electron chi connectivity index (χ1n) is 10.9. The maximum absolute atomic E-state index is 5.61. The molecule has 2 heterocycles. The second kappa shape index (κ2) is 10.9. The number of guanidine groups is 1. The van der Waals surface area contributed by atoms with Gasteiger partial charge in [-0.3, -0.25) is 4.99 Å². The summed E-state index contributed by atoms with van der Waals surface area (Å²) in [5.74, 6) is 3.54. The summed E-state index contributed by atoms with van der Waals surface area (Å²) in [6.07, 6.45) is 7.68. The van der Waals surface area contributed by atoms with Crippen molar-refractivity contribution in [2.24, 2.45) is 10.9 Å². The van der Waals surface area contributed by atoms with E-state index in [9.17, 15) is 0 Å². The lowest BCUT2D eigenvalue weighted by Crippen LogP contribution is -2.49. The Morgan fingerprint density at radius 2 is 2.00 bits per heavy atom. The molecule has 1 aromatic carbocycles. The van der Waals surface area contributed by atoms with Crippen molar-refractivity contribution in [1.82, 2.24) is 19.8 Å². The molecule has 8 nitrogen and oxygen atoms in total. The minimum Gasteiger partial charge on any atom is -0.493 e. The van der Waals surface area contributed by atoms with Crippen LogP contribution in [0.25, 0.3) is 0 Å². The Hall–Kier alpha value is -2.90. The number of hydrogen-bond donors (Lipinski definition) is 1. The topological polar surface area (TPSA) is 73.1 Å². The third kappa shape index (κ3) is 5.24. The fourth-order valence-electron chi connectivity index (χ4n) is 4.16. The number of aromatic nitrogens is 2. The van der Waals surface area contributed by atoms with Crippen molar-refractivity contribution in [3.8, 4) is 17.2 Å². The van der Waals surface area contributed by atoms with E-state index in [-0.39, 0.29) is 0 Å². The first-order chi connectivity index (χ1) is 15.1. The van der Waals surface area contributed by atoms with Gasteiger partial charge in [0, 0.05) is 44.1 Å². The van der Waals surface area contributed by atoms with Crippen LogP contribution in [0.1, 0.15) is 31.9 Å². The second-order valence-electron chi connectivity index (χ2n) is 7.77. The number of benzene rings is 1. The van der Waals surface area contributed by atoms with Crippen LogP contribution in [-0.4, -0.2) is 67.9 Å². The highest BCUT2D eigenvalue weighted by Crippen LogP contribution is 2.39. The molecule has 170 valence electrons. The standard InChI is InChI=1S/C23H35N5O3/c1-6-25-23(27-13-10-17(2)19(15-27)28-14-12-24-16-28)26-11-9-18-7-8-20(29-3)22(31-5)21(18)30-4/h7-8,12,14,16-17,19H,6,9-11,13,15H2,1-5H3,(H,25,26). The van der Waals surface area contributed by atoms with Crippen molar-refractivity contribution in [2.45, 2.75) is 32.7 Å². The minimum absolute atomic E-state index is 0.394. The quantitative estimate of drug-likeness (QED) is 0.514. The summed E-state index contributed by atoms with van der Waals surface area (Å²) in [7, 11) is 4.90. The van der Waals surface area contributed by atoms with E-state index < -0.39 is 0 Å². The molecule has 0 radical (unpaired) electrons. The van der Waals surface area contributed by atoms with Crippen molar-refractivity contribution in [2.75, 3.05) is 47.5 Å². The van der Waals surface area contributed by atoms with E-state index in [1.165, 1.54) is 0 Å². The van der Waals surface area contributed by atoms with Gasteiger partial charge in [-0.2, -0.15) is 0 Å². The number of nitrogens with one attached hydrogen (secondary N) is 1. The zero-order chi connectivity index (χ0) is 22.2. The van der Waals surface area contributed by atoms with Crippen molar-refractivity contribution >= 4 is 5.96 Å². The third-order valence-electron chi connectivity index (χ3n) is 5.89. The summed E-state index contributed by atoms with van der Waals surface area (Å²) in [4.78, 5) is 11.5. The minimum atomic E-state index is 0.394. The van der Waals surface area contributed by atoms with Crippen LogP contribution in [0.15, 0.2) is 35.8 Å². The fraction of sp³-hybridized carbons (Fsp3) is 0.565. The Balaban J connectivity index is 1.73. The van der Waals surface area contributed by atoms with Crippen LogP contribution in [0.3, 0.4) is 0 Å². The number of piperidine rings is 1. The number of hydrogen-bond acceptors (Lipinski definition) is 5. The summed E-state index contributed by atoms with van der Waals surface area (Å²) >= 11 is 0. The maximum Gasteiger partial charge on any atom is 0.203 e. The van der Waals surface area contributed by atoms with Gasteiger partial charge in [0.1, 0.15) is 0 Å². The third-order valence-corrected chi connectivity index (χ3v) is 5.89. The van der Waals surface area contributed by atoms with Crippen LogP contribution in [0, 0.1) is 5.92 Å². The van der Waals surface area contributed by atoms with Gasteiger partial charge in [-0.05, 0) is 31.7 Å². The monoisotopic (exact) mass is 429 g/mol. The van der Waals surface area contributed by atoms with Gasteiger partial charge in [0.15, 0.2) is 17.5 Å². The zero-order valence-corrected chi connectivity index (χ0v) is 19.3. The number of aliphatic imine (C=N–C) groups is 1. The van der Waals surface area contributed by atoms with Gasteiger partial charge in [-0.25, -0.2) is 4.98 Å². The molecule has 8 heteroatoms. The van der Waals surface area contributed by atoms with Gasteiger partial charge < -0.3 is 29.0 Å². The van der Waals surface area contributed by atoms with Gasteiger partial charge in [0.25, 0.3) is 0 Å². The molecule has 2 aromatic rings. The van der Waals surface area contributed by atoms with Crippen LogP contribution in [0.2, 0.25) is 0 Å². The second-order valence-corrected chi connectivity index (χ2v) is 7.77. The molecule has 1 N–H and O–H groups in total. The molecule has 1 aromatic heterocycles. The molecule has 2 unspecified atom stereocenters. The van der Waals surface area contributed by atoms with E-state index >= 15 is 0 Å². The highest BCUT2D eigenvalue weighted by molar-refractivity contribution is 5.80. The van der Waals surface area contributed by atoms with Gasteiger partial charge in [0.05, 0.1) is 33.7 Å². The molecule has 1 aliphatic rings. The normalized spacial score (nSPS) is 19.3. The Kier molecular flexibility index (Phi) is 8.03. The Bertz CT molecular complexity index is 853. The number of ether oxygens (including phenoxy) is 3. The van der Waals surface area contributed by atoms with Crippen LogP contribution in [-0.2, 0) is 6.42 Å². The predicted octanol–water partition coefficient (Wildman–Crippen LogP) is 3.00. The molecule has 2 atom stereocenters. The number of rotatable bonds is 8. The van der Waals surface area contributed by atoms with Crippen LogP contribution in [0.5, 0.6) is 17.2 Å². The molecule has 1 saturated heterocycles. The molecule has 0 saturated carbocycles. The SMILES string of the molecule is CCNC(=NCCc1ccc(OC)c(OC)c1OC)N1CCC(C)C(n2ccnc2)C1. The molecule has 0 bridgehead atoms. The zero-order valence-electron chi connectivity index (χ0n) is 19.3. The summed E-state index contributed by atoms with van der Waals surface area (Å²) in [5, 5.41) is 3.46. The number of likely N-dealkylation sites (tertiary alicyclic amines) is 1. The highest BCUT2D eigenvalue weighted by atomic mass is 16.5. The molecule has 3 rings (SSSR count). The molecule has 1 fully saturated rings. The van der Waals surface area contributed by atoms with Gasteiger partial charge in [-0.1, -0.05) is 13.0 Å². The van der Waals surface area contributed by atoms with E-state index in [2.05, 4.69) is 39.8 Å². The fourth-order valence-corrected chi connectivity index (χ4v) is 4.16. The summed E-state index contributed by atoms with van der Waals surface area (Å²) in [5.41, 5.74) is 1.04. The van der Waals surface area contributed by atoms with Crippen LogP contribution >= 0.6 is 0 Å². The molecular formula is C23H35N5O3. The summed E-state index contributed by atoms with van der Waals surface area (Å²) in [6.45, 7) is 7.82. The number of imidazole rings is 1. The smallest absolute Gasteiger partial charge is 0.203 e. The lowest BCUT2D eigenvalue weighted by atomic mass is 9.93. The largest absolute Gasteiger partial charge is 0.493 e. The number of methoxy groups -OCH3 is 3. The van der Waals surface area contributed by atoms with Crippen molar-refractivity contribution in [3.05, 3.63) is 36.4 Å². The Morgan fingerprint density at radius 1 is 1.19 bits per heavy atom. The molecule has 1 aliphatic heterocycles. The molecule has 0 spiro atoms. The van der Waals surface area contributed by atoms with Crippen molar-refractivity contribution in [1.29, 1.82) is 0 Å². The predicted molar refractivity (Wildman–Crippen MR) is 122 cm³/mol. The lowest BCUT2D eigenvalue weighted by Gasteiger charge is -2.39. The number of nitrogens with zero attached hydrogens (tertiary/aromatic N) is 4. The Labute approximate surface area is 185 Å². The maximum atomic E-state index is 5.61. The van der Waals surface area contributed by atoms with Crippen LogP contribution in [0.4, 0.5) is 0 Å². The first kappa shape index (κ1) is 22.8.